The Hall–Kier alpha value is -3.53. The van der Waals surface area contributed by atoms with E-state index in [1.165, 1.54) is 33.9 Å². The van der Waals surface area contributed by atoms with E-state index in [2.05, 4.69) is 78.9 Å². The highest BCUT2D eigenvalue weighted by atomic mass is 19.1. The Labute approximate surface area is 218 Å². The SMILES string of the molecule is CC(C)(C)c1ccnc(-c2ccc(F)c(CCCCCCn3c4ccccc4c4ccccc43)c2F)c1. The first-order valence-electron chi connectivity index (χ1n) is 13.2. The molecule has 5 rings (SSSR count). The maximum atomic E-state index is 15.4. The lowest BCUT2D eigenvalue weighted by Crippen LogP contribution is -2.11. The van der Waals surface area contributed by atoms with E-state index in [1.54, 1.807) is 6.20 Å². The summed E-state index contributed by atoms with van der Waals surface area (Å²) in [5.74, 6) is -0.956. The molecule has 2 heterocycles. The van der Waals surface area contributed by atoms with Crippen molar-refractivity contribution in [2.24, 2.45) is 0 Å². The minimum Gasteiger partial charge on any atom is -0.340 e. The van der Waals surface area contributed by atoms with Gasteiger partial charge in [0.05, 0.1) is 5.69 Å². The summed E-state index contributed by atoms with van der Waals surface area (Å²) in [6.45, 7) is 7.27. The summed E-state index contributed by atoms with van der Waals surface area (Å²) in [6.07, 6.45) is 5.81. The summed E-state index contributed by atoms with van der Waals surface area (Å²) in [5.41, 5.74) is 4.61. The van der Waals surface area contributed by atoms with E-state index in [9.17, 15) is 4.39 Å². The number of halogens is 2. The third-order valence-electron chi connectivity index (χ3n) is 7.33. The molecule has 0 saturated heterocycles. The number of fused-ring (bicyclic) bond motifs is 3. The van der Waals surface area contributed by atoms with Gasteiger partial charge in [0.1, 0.15) is 11.6 Å². The standard InChI is InChI=1S/C33H34F2N2/c1-33(2,3)23-19-20-36-29(22-23)27-17-18-28(34)26(32(27)35)14-6-4-5-11-21-37-30-15-9-7-12-24(30)25-13-8-10-16-31(25)37/h7-10,12-13,15-20,22H,4-6,11,14,21H2,1-3H3. The van der Waals surface area contributed by atoms with Gasteiger partial charge in [-0.2, -0.15) is 0 Å². The van der Waals surface area contributed by atoms with E-state index in [-0.39, 0.29) is 11.0 Å². The Kier molecular flexibility index (Phi) is 7.10. The number of hydrogen-bond donors (Lipinski definition) is 0. The summed E-state index contributed by atoms with van der Waals surface area (Å²) in [5, 5.41) is 2.57. The normalized spacial score (nSPS) is 12.0. The molecule has 2 aromatic heterocycles. The Bertz CT molecular complexity index is 1490. The fourth-order valence-electron chi connectivity index (χ4n) is 5.24. The van der Waals surface area contributed by atoms with Crippen molar-refractivity contribution in [3.63, 3.8) is 0 Å². The summed E-state index contributed by atoms with van der Waals surface area (Å²) >= 11 is 0. The van der Waals surface area contributed by atoms with Crippen LogP contribution in [0.3, 0.4) is 0 Å². The number of hydrogen-bond acceptors (Lipinski definition) is 1. The topological polar surface area (TPSA) is 17.8 Å². The van der Waals surface area contributed by atoms with E-state index in [0.29, 0.717) is 17.7 Å². The summed E-state index contributed by atoms with van der Waals surface area (Å²) in [4.78, 5) is 4.38. The number of nitrogens with zero attached hydrogens (tertiary/aromatic N) is 2. The molecule has 0 bridgehead atoms. The molecule has 0 unspecified atom stereocenters. The quantitative estimate of drug-likeness (QED) is 0.196. The molecular weight excluding hydrogens is 462 g/mol. The molecule has 4 heteroatoms. The fraction of sp³-hybridized carbons (Fsp3) is 0.303. The maximum Gasteiger partial charge on any atom is 0.138 e. The first-order chi connectivity index (χ1) is 17.8. The van der Waals surface area contributed by atoms with Crippen LogP contribution < -0.4 is 0 Å². The molecule has 0 atom stereocenters. The summed E-state index contributed by atoms with van der Waals surface area (Å²) in [6, 6.07) is 23.8. The lowest BCUT2D eigenvalue weighted by Gasteiger charge is -2.19. The predicted octanol–water partition coefficient (Wildman–Crippen LogP) is 9.24. The van der Waals surface area contributed by atoms with Crippen LogP contribution in [0.25, 0.3) is 33.1 Å². The molecule has 0 saturated carbocycles. The van der Waals surface area contributed by atoms with Gasteiger partial charge in [-0.05, 0) is 66.6 Å². The van der Waals surface area contributed by atoms with Gasteiger partial charge < -0.3 is 4.57 Å². The first kappa shape index (κ1) is 25.1. The molecule has 5 aromatic rings. The van der Waals surface area contributed by atoms with Crippen molar-refractivity contribution < 1.29 is 8.78 Å². The van der Waals surface area contributed by atoms with Crippen molar-refractivity contribution in [2.45, 2.75) is 64.8 Å². The Morgan fingerprint density at radius 2 is 1.41 bits per heavy atom. The number of pyridine rings is 1. The minimum absolute atomic E-state index is 0.0732. The average molecular weight is 497 g/mol. The molecular formula is C33H34F2N2. The van der Waals surface area contributed by atoms with Crippen LogP contribution in [0.4, 0.5) is 8.78 Å². The van der Waals surface area contributed by atoms with Crippen molar-refractivity contribution in [1.82, 2.24) is 9.55 Å². The Balaban J connectivity index is 1.23. The zero-order valence-electron chi connectivity index (χ0n) is 21.9. The second kappa shape index (κ2) is 10.5. The molecule has 0 amide bonds. The second-order valence-corrected chi connectivity index (χ2v) is 10.9. The van der Waals surface area contributed by atoms with E-state index in [4.69, 9.17) is 0 Å². The smallest absolute Gasteiger partial charge is 0.138 e. The van der Waals surface area contributed by atoms with Crippen LogP contribution in [0, 0.1) is 11.6 Å². The van der Waals surface area contributed by atoms with E-state index < -0.39 is 11.6 Å². The van der Waals surface area contributed by atoms with Gasteiger partial charge in [0.15, 0.2) is 0 Å². The second-order valence-electron chi connectivity index (χ2n) is 10.9. The number of rotatable bonds is 8. The van der Waals surface area contributed by atoms with Gasteiger partial charge in [0, 0.05) is 45.7 Å². The number of unbranched alkanes of at least 4 members (excludes halogenated alkanes) is 3. The van der Waals surface area contributed by atoms with Gasteiger partial charge in [-0.25, -0.2) is 8.78 Å². The van der Waals surface area contributed by atoms with Crippen molar-refractivity contribution in [3.8, 4) is 11.3 Å². The predicted molar refractivity (Wildman–Crippen MR) is 150 cm³/mol. The van der Waals surface area contributed by atoms with Gasteiger partial charge in [-0.3, -0.25) is 4.98 Å². The molecule has 2 nitrogen and oxygen atoms in total. The molecule has 0 radical (unpaired) electrons. The molecule has 0 spiro atoms. The van der Waals surface area contributed by atoms with Crippen LogP contribution in [0.2, 0.25) is 0 Å². The number of aryl methyl sites for hydroxylation is 1. The van der Waals surface area contributed by atoms with Gasteiger partial charge in [-0.1, -0.05) is 70.0 Å². The highest BCUT2D eigenvalue weighted by Crippen LogP contribution is 2.31. The highest BCUT2D eigenvalue weighted by Gasteiger charge is 2.19. The number of para-hydroxylation sites is 2. The van der Waals surface area contributed by atoms with E-state index in [1.807, 2.05) is 12.1 Å². The van der Waals surface area contributed by atoms with E-state index in [0.717, 1.165) is 37.8 Å². The monoisotopic (exact) mass is 496 g/mol. The van der Waals surface area contributed by atoms with Crippen LogP contribution in [0.1, 0.15) is 57.6 Å². The molecule has 0 aliphatic heterocycles. The van der Waals surface area contributed by atoms with Crippen LogP contribution in [0.5, 0.6) is 0 Å². The highest BCUT2D eigenvalue weighted by molar-refractivity contribution is 6.07. The maximum absolute atomic E-state index is 15.4. The van der Waals surface area contributed by atoms with Crippen molar-refractivity contribution in [1.29, 1.82) is 0 Å². The lowest BCUT2D eigenvalue weighted by molar-refractivity contribution is 0.537. The summed E-state index contributed by atoms with van der Waals surface area (Å²) < 4.78 is 32.4. The largest absolute Gasteiger partial charge is 0.340 e. The van der Waals surface area contributed by atoms with Crippen LogP contribution in [0.15, 0.2) is 79.0 Å². The molecule has 3 aromatic carbocycles. The van der Waals surface area contributed by atoms with Crippen molar-refractivity contribution >= 4 is 21.8 Å². The number of aromatic nitrogens is 2. The summed E-state index contributed by atoms with van der Waals surface area (Å²) in [7, 11) is 0. The van der Waals surface area contributed by atoms with Crippen molar-refractivity contribution in [2.75, 3.05) is 0 Å². The fourth-order valence-corrected chi connectivity index (χ4v) is 5.24. The Morgan fingerprint density at radius 3 is 2.08 bits per heavy atom. The zero-order chi connectivity index (χ0) is 26.0. The molecule has 0 aliphatic carbocycles. The van der Waals surface area contributed by atoms with Gasteiger partial charge >= 0.3 is 0 Å². The van der Waals surface area contributed by atoms with Crippen molar-refractivity contribution in [3.05, 3.63) is 102 Å². The lowest BCUT2D eigenvalue weighted by atomic mass is 9.87. The molecule has 37 heavy (non-hydrogen) atoms. The minimum atomic E-state index is -0.483. The van der Waals surface area contributed by atoms with Crippen LogP contribution in [-0.4, -0.2) is 9.55 Å². The van der Waals surface area contributed by atoms with Crippen LogP contribution in [-0.2, 0) is 18.4 Å². The molecule has 0 aliphatic rings. The Morgan fingerprint density at radius 1 is 0.757 bits per heavy atom. The number of benzene rings is 3. The third kappa shape index (κ3) is 5.16. The third-order valence-corrected chi connectivity index (χ3v) is 7.33. The zero-order valence-corrected chi connectivity index (χ0v) is 21.9. The van der Waals surface area contributed by atoms with Gasteiger partial charge in [0.2, 0.25) is 0 Å². The van der Waals surface area contributed by atoms with Gasteiger partial charge in [-0.15, -0.1) is 0 Å². The van der Waals surface area contributed by atoms with Crippen LogP contribution >= 0.6 is 0 Å². The molecule has 0 fully saturated rings. The first-order valence-corrected chi connectivity index (χ1v) is 13.2. The molecule has 190 valence electrons. The average Bonchev–Trinajstić information content (AvgIpc) is 3.21. The van der Waals surface area contributed by atoms with Gasteiger partial charge in [0.25, 0.3) is 0 Å². The van der Waals surface area contributed by atoms with E-state index >= 15 is 4.39 Å². The molecule has 0 N–H and O–H groups in total.